The summed E-state index contributed by atoms with van der Waals surface area (Å²) in [6.07, 6.45) is 0.983. The molecule has 2 N–H and O–H groups in total. The lowest BCUT2D eigenvalue weighted by Crippen LogP contribution is -2.35. The summed E-state index contributed by atoms with van der Waals surface area (Å²) in [6.45, 7) is 9.59. The van der Waals surface area contributed by atoms with Crippen LogP contribution in [0.5, 0.6) is 0 Å². The molecule has 0 aliphatic heterocycles. The highest BCUT2D eigenvalue weighted by molar-refractivity contribution is 5.24. The van der Waals surface area contributed by atoms with Crippen molar-refractivity contribution >= 4 is 0 Å². The first-order valence-electron chi connectivity index (χ1n) is 6.41. The monoisotopic (exact) mass is 235 g/mol. The fourth-order valence-electron chi connectivity index (χ4n) is 1.75. The van der Waals surface area contributed by atoms with Crippen LogP contribution in [0.3, 0.4) is 0 Å². The largest absolute Gasteiger partial charge is 0.396 e. The first-order chi connectivity index (χ1) is 8.00. The molecule has 0 saturated carbocycles. The summed E-state index contributed by atoms with van der Waals surface area (Å²) in [7, 11) is 0. The Morgan fingerprint density at radius 3 is 2.65 bits per heavy atom. The number of aliphatic hydroxyl groups is 1. The SMILES string of the molecule is CCC(C)(CO)CN[C@H](C)c1cccc(C)c1. The molecule has 0 aliphatic carbocycles. The zero-order chi connectivity index (χ0) is 12.9. The molecule has 0 aromatic heterocycles. The highest BCUT2D eigenvalue weighted by Gasteiger charge is 2.21. The lowest BCUT2D eigenvalue weighted by molar-refractivity contribution is 0.132. The van der Waals surface area contributed by atoms with Crippen LogP contribution in [0.2, 0.25) is 0 Å². The van der Waals surface area contributed by atoms with E-state index in [9.17, 15) is 5.11 Å². The van der Waals surface area contributed by atoms with Gasteiger partial charge in [-0.1, -0.05) is 43.7 Å². The van der Waals surface area contributed by atoms with Crippen molar-refractivity contribution < 1.29 is 5.11 Å². The van der Waals surface area contributed by atoms with Crippen LogP contribution in [-0.4, -0.2) is 18.3 Å². The Morgan fingerprint density at radius 2 is 2.12 bits per heavy atom. The number of aliphatic hydroxyl groups excluding tert-OH is 1. The van der Waals surface area contributed by atoms with Crippen LogP contribution in [0.15, 0.2) is 24.3 Å². The van der Waals surface area contributed by atoms with Crippen molar-refractivity contribution in [1.29, 1.82) is 0 Å². The Bertz CT molecular complexity index is 345. The number of rotatable bonds is 6. The van der Waals surface area contributed by atoms with Crippen LogP contribution < -0.4 is 5.32 Å². The molecule has 96 valence electrons. The van der Waals surface area contributed by atoms with Crippen LogP contribution in [0.1, 0.15) is 44.4 Å². The molecule has 1 aromatic carbocycles. The highest BCUT2D eigenvalue weighted by atomic mass is 16.3. The molecular formula is C15H25NO. The van der Waals surface area contributed by atoms with E-state index in [4.69, 9.17) is 0 Å². The van der Waals surface area contributed by atoms with Gasteiger partial charge in [0.05, 0.1) is 0 Å². The second kappa shape index (κ2) is 6.18. The number of benzene rings is 1. The second-order valence-electron chi connectivity index (χ2n) is 5.34. The van der Waals surface area contributed by atoms with Gasteiger partial charge in [0.2, 0.25) is 0 Å². The lowest BCUT2D eigenvalue weighted by atomic mass is 9.88. The number of aryl methyl sites for hydroxylation is 1. The Hall–Kier alpha value is -0.860. The van der Waals surface area contributed by atoms with Gasteiger partial charge < -0.3 is 10.4 Å². The Labute approximate surface area is 105 Å². The smallest absolute Gasteiger partial charge is 0.0496 e. The summed E-state index contributed by atoms with van der Waals surface area (Å²) in [5, 5.41) is 12.9. The van der Waals surface area contributed by atoms with Crippen LogP contribution in [0, 0.1) is 12.3 Å². The average molecular weight is 235 g/mol. The third-order valence-corrected chi connectivity index (χ3v) is 3.61. The van der Waals surface area contributed by atoms with Crippen LogP contribution >= 0.6 is 0 Å². The van der Waals surface area contributed by atoms with Crippen molar-refractivity contribution in [3.05, 3.63) is 35.4 Å². The third kappa shape index (κ3) is 4.14. The Kier molecular flexibility index (Phi) is 5.16. The fraction of sp³-hybridized carbons (Fsp3) is 0.600. The molecule has 0 radical (unpaired) electrons. The molecule has 0 spiro atoms. The summed E-state index contributed by atoms with van der Waals surface area (Å²) >= 11 is 0. The average Bonchev–Trinajstić information content (AvgIpc) is 2.35. The summed E-state index contributed by atoms with van der Waals surface area (Å²) in [5.41, 5.74) is 2.58. The predicted octanol–water partition coefficient (Wildman–Crippen LogP) is 3.05. The molecule has 2 atom stereocenters. The maximum absolute atomic E-state index is 9.37. The normalized spacial score (nSPS) is 16.5. The first-order valence-corrected chi connectivity index (χ1v) is 6.41. The van der Waals surface area contributed by atoms with Crippen molar-refractivity contribution in [2.75, 3.05) is 13.2 Å². The van der Waals surface area contributed by atoms with Crippen molar-refractivity contribution in [2.24, 2.45) is 5.41 Å². The van der Waals surface area contributed by atoms with Gasteiger partial charge in [0, 0.05) is 24.6 Å². The minimum absolute atomic E-state index is 0.0158. The van der Waals surface area contributed by atoms with E-state index < -0.39 is 0 Å². The van der Waals surface area contributed by atoms with E-state index in [0.29, 0.717) is 6.04 Å². The van der Waals surface area contributed by atoms with Crippen molar-refractivity contribution in [2.45, 2.75) is 40.2 Å². The van der Waals surface area contributed by atoms with Gasteiger partial charge in [-0.25, -0.2) is 0 Å². The summed E-state index contributed by atoms with van der Waals surface area (Å²) < 4.78 is 0. The van der Waals surface area contributed by atoms with E-state index in [0.717, 1.165) is 13.0 Å². The Balaban J connectivity index is 2.58. The summed E-state index contributed by atoms with van der Waals surface area (Å²) in [4.78, 5) is 0. The molecule has 17 heavy (non-hydrogen) atoms. The summed E-state index contributed by atoms with van der Waals surface area (Å²) in [6, 6.07) is 8.88. The quantitative estimate of drug-likeness (QED) is 0.794. The van der Waals surface area contributed by atoms with E-state index >= 15 is 0 Å². The molecule has 1 rings (SSSR count). The summed E-state index contributed by atoms with van der Waals surface area (Å²) in [5.74, 6) is 0. The highest BCUT2D eigenvalue weighted by Crippen LogP contribution is 2.21. The molecule has 2 heteroatoms. The number of hydrogen-bond acceptors (Lipinski definition) is 2. The molecule has 2 nitrogen and oxygen atoms in total. The van der Waals surface area contributed by atoms with Gasteiger partial charge in [-0.2, -0.15) is 0 Å². The van der Waals surface area contributed by atoms with Crippen molar-refractivity contribution in [3.63, 3.8) is 0 Å². The molecule has 1 aromatic rings. The first kappa shape index (κ1) is 14.2. The van der Waals surface area contributed by atoms with E-state index in [-0.39, 0.29) is 12.0 Å². The van der Waals surface area contributed by atoms with Gasteiger partial charge >= 0.3 is 0 Å². The second-order valence-corrected chi connectivity index (χ2v) is 5.34. The van der Waals surface area contributed by atoms with Crippen LogP contribution in [-0.2, 0) is 0 Å². The van der Waals surface area contributed by atoms with Gasteiger partial charge in [-0.05, 0) is 25.8 Å². The van der Waals surface area contributed by atoms with Gasteiger partial charge in [0.1, 0.15) is 0 Å². The number of hydrogen-bond donors (Lipinski definition) is 2. The van der Waals surface area contributed by atoms with Gasteiger partial charge in [0.25, 0.3) is 0 Å². The van der Waals surface area contributed by atoms with Gasteiger partial charge in [-0.15, -0.1) is 0 Å². The van der Waals surface area contributed by atoms with Crippen LogP contribution in [0.4, 0.5) is 0 Å². The zero-order valence-corrected chi connectivity index (χ0v) is 11.5. The minimum Gasteiger partial charge on any atom is -0.396 e. The van der Waals surface area contributed by atoms with E-state index in [1.54, 1.807) is 0 Å². The standard InChI is InChI=1S/C15H25NO/c1-5-15(4,11-17)10-16-13(3)14-8-6-7-12(2)9-14/h6-9,13,16-17H,5,10-11H2,1-4H3/t13-,15?/m1/s1. The molecular weight excluding hydrogens is 210 g/mol. The predicted molar refractivity (Wildman–Crippen MR) is 73.1 cm³/mol. The molecule has 0 aliphatic rings. The van der Waals surface area contributed by atoms with Gasteiger partial charge in [-0.3, -0.25) is 0 Å². The van der Waals surface area contributed by atoms with Crippen molar-refractivity contribution in [1.82, 2.24) is 5.32 Å². The molecule has 0 heterocycles. The van der Waals surface area contributed by atoms with Gasteiger partial charge in [0.15, 0.2) is 0 Å². The zero-order valence-electron chi connectivity index (χ0n) is 11.5. The number of nitrogens with one attached hydrogen (secondary N) is 1. The molecule has 0 saturated heterocycles. The van der Waals surface area contributed by atoms with E-state index in [2.05, 4.69) is 57.3 Å². The molecule has 1 unspecified atom stereocenters. The van der Waals surface area contributed by atoms with Crippen LogP contribution in [0.25, 0.3) is 0 Å². The van der Waals surface area contributed by atoms with E-state index in [1.165, 1.54) is 11.1 Å². The molecule has 0 amide bonds. The maximum Gasteiger partial charge on any atom is 0.0496 e. The fourth-order valence-corrected chi connectivity index (χ4v) is 1.75. The third-order valence-electron chi connectivity index (χ3n) is 3.61. The minimum atomic E-state index is -0.0158. The lowest BCUT2D eigenvalue weighted by Gasteiger charge is -2.28. The van der Waals surface area contributed by atoms with Crippen molar-refractivity contribution in [3.8, 4) is 0 Å². The molecule has 0 fully saturated rings. The van der Waals surface area contributed by atoms with E-state index in [1.807, 2.05) is 0 Å². The maximum atomic E-state index is 9.37. The molecule has 0 bridgehead atoms. The Morgan fingerprint density at radius 1 is 1.41 bits per heavy atom. The topological polar surface area (TPSA) is 32.3 Å².